The molecule has 0 aromatic rings. The Bertz CT molecular complexity index is 1510. The van der Waals surface area contributed by atoms with E-state index in [1.165, 1.54) is 6.92 Å². The SMILES string of the molecule is C=C1[C@H]([C@@H](O)C[C@@H](C)[C@@H]2O[C@]3(CCCCO3)CC[C@H]2C)O[C@@H]2CC[C@@]3(CC[C@H](/C=C\[C@@H](C)[C@@H]4CC(C)=C[C@@]5(O[C@H](C[C@@](C)(O)C(=O)O)CC[C@@H]5O)O4)O3)O[C@@H]2[C@H]1O. The number of aliphatic hydroxyl groups excluding tert-OH is 3. The van der Waals surface area contributed by atoms with Crippen LogP contribution in [0, 0.1) is 17.8 Å². The van der Waals surface area contributed by atoms with Gasteiger partial charge >= 0.3 is 5.97 Å². The summed E-state index contributed by atoms with van der Waals surface area (Å²) in [6, 6.07) is 0. The molecule has 6 saturated heterocycles. The lowest BCUT2D eigenvalue weighted by Crippen LogP contribution is -2.60. The number of hydrogen-bond donors (Lipinski definition) is 5. The molecule has 0 aromatic carbocycles. The number of carbonyl (C=O) groups is 1. The fourth-order valence-electron chi connectivity index (χ4n) is 10.5. The van der Waals surface area contributed by atoms with Crippen molar-refractivity contribution in [3.63, 3.8) is 0 Å². The molecule has 0 aliphatic carbocycles. The molecule has 0 unspecified atom stereocenters. The maximum absolute atomic E-state index is 11.6. The second-order valence-electron chi connectivity index (χ2n) is 18.9. The number of ether oxygens (including phenoxy) is 7. The van der Waals surface area contributed by atoms with Gasteiger partial charge in [-0.3, -0.25) is 0 Å². The van der Waals surface area contributed by atoms with Crippen LogP contribution in [0.15, 0.2) is 36.0 Å². The lowest BCUT2D eigenvalue weighted by Gasteiger charge is -2.50. The monoisotopic (exact) mass is 804 g/mol. The number of aliphatic hydroxyl groups is 4. The molecule has 5 N–H and O–H groups in total. The molecule has 322 valence electrons. The van der Waals surface area contributed by atoms with Gasteiger partial charge in [0.15, 0.2) is 17.2 Å². The Labute approximate surface area is 337 Å². The Morgan fingerprint density at radius 2 is 1.75 bits per heavy atom. The van der Waals surface area contributed by atoms with Gasteiger partial charge < -0.3 is 58.7 Å². The van der Waals surface area contributed by atoms with Crippen molar-refractivity contribution < 1.29 is 63.5 Å². The minimum absolute atomic E-state index is 0.0423. The molecule has 17 atom stereocenters. The van der Waals surface area contributed by atoms with E-state index < -0.39 is 71.7 Å². The summed E-state index contributed by atoms with van der Waals surface area (Å²) in [5.74, 6) is -3.82. The molecular weight excluding hydrogens is 736 g/mol. The average molecular weight is 805 g/mol. The molecule has 57 heavy (non-hydrogen) atoms. The second kappa shape index (κ2) is 17.0. The maximum Gasteiger partial charge on any atom is 0.335 e. The Morgan fingerprint density at radius 1 is 1.00 bits per heavy atom. The van der Waals surface area contributed by atoms with Crippen molar-refractivity contribution in [2.45, 2.75) is 209 Å². The summed E-state index contributed by atoms with van der Waals surface area (Å²) in [7, 11) is 0. The second-order valence-corrected chi connectivity index (χ2v) is 18.9. The van der Waals surface area contributed by atoms with Crippen LogP contribution in [0.25, 0.3) is 0 Å². The predicted molar refractivity (Wildman–Crippen MR) is 208 cm³/mol. The molecule has 7 aliphatic rings. The third-order valence-electron chi connectivity index (χ3n) is 14.0. The zero-order valence-corrected chi connectivity index (χ0v) is 34.6. The van der Waals surface area contributed by atoms with E-state index in [4.69, 9.17) is 33.2 Å². The summed E-state index contributed by atoms with van der Waals surface area (Å²) in [5, 5.41) is 54.0. The Morgan fingerprint density at radius 3 is 2.49 bits per heavy atom. The Balaban J connectivity index is 0.920. The van der Waals surface area contributed by atoms with Gasteiger partial charge in [-0.05, 0) is 95.1 Å². The van der Waals surface area contributed by atoms with Gasteiger partial charge in [-0.1, -0.05) is 45.1 Å². The van der Waals surface area contributed by atoms with Crippen LogP contribution >= 0.6 is 0 Å². The third-order valence-corrected chi connectivity index (χ3v) is 14.0. The van der Waals surface area contributed by atoms with Crippen molar-refractivity contribution in [1.29, 1.82) is 0 Å². The quantitative estimate of drug-likeness (QED) is 0.182. The normalized spacial score (nSPS) is 45.4. The van der Waals surface area contributed by atoms with Crippen molar-refractivity contribution >= 4 is 5.97 Å². The highest BCUT2D eigenvalue weighted by atomic mass is 16.7. The van der Waals surface area contributed by atoms with Crippen molar-refractivity contribution in [2.24, 2.45) is 17.8 Å². The molecule has 0 amide bonds. The number of hydrogen-bond acceptors (Lipinski definition) is 12. The van der Waals surface area contributed by atoms with Crippen LogP contribution in [0.3, 0.4) is 0 Å². The largest absolute Gasteiger partial charge is 0.479 e. The highest BCUT2D eigenvalue weighted by Gasteiger charge is 2.55. The van der Waals surface area contributed by atoms with E-state index in [0.717, 1.165) is 50.7 Å². The fraction of sp³-hybridized carbons (Fsp3) is 0.841. The Hall–Kier alpha value is -1.75. The van der Waals surface area contributed by atoms with Crippen LogP contribution in [0.2, 0.25) is 0 Å². The lowest BCUT2D eigenvalue weighted by atomic mass is 9.79. The molecule has 0 saturated carbocycles. The maximum atomic E-state index is 11.6. The first-order valence-electron chi connectivity index (χ1n) is 21.7. The standard InChI is InChI=1S/C44H68O13/c1-25-21-34(55-44(23-25)35(46)12-11-31(54-44)24-41(6,50)40(48)49)26(2)9-10-30-14-18-43(53-30)19-15-33-39(57-43)36(47)29(5)38(52-33)32(45)22-28(4)37-27(3)13-17-42(56-37)16-7-8-20-51-42/h9-10,23,26-28,30-39,45-47,50H,5,7-8,11-22,24H2,1-4,6H3,(H,48,49)/b10-9-/t26-,27-,28-,30+,31+,32+,33-,34+,35+,36+,37-,38-,39+,41-,42-,43-,44-/m1/s1. The molecular formula is C44H68O13. The molecule has 13 heteroatoms. The van der Waals surface area contributed by atoms with Crippen molar-refractivity contribution in [3.05, 3.63) is 36.0 Å². The summed E-state index contributed by atoms with van der Waals surface area (Å²) in [5.41, 5.74) is -0.551. The van der Waals surface area contributed by atoms with E-state index in [9.17, 15) is 30.3 Å². The van der Waals surface area contributed by atoms with Gasteiger partial charge in [0.25, 0.3) is 0 Å². The van der Waals surface area contributed by atoms with E-state index in [2.05, 4.69) is 26.5 Å². The number of carboxylic acid groups (broad SMARTS) is 1. The van der Waals surface area contributed by atoms with Gasteiger partial charge in [-0.15, -0.1) is 0 Å². The van der Waals surface area contributed by atoms with Crippen molar-refractivity contribution in [3.8, 4) is 0 Å². The van der Waals surface area contributed by atoms with E-state index >= 15 is 0 Å². The predicted octanol–water partition coefficient (Wildman–Crippen LogP) is 5.21. The topological polar surface area (TPSA) is 183 Å². The van der Waals surface area contributed by atoms with Gasteiger partial charge in [0.1, 0.15) is 24.4 Å². The highest BCUT2D eigenvalue weighted by molar-refractivity contribution is 5.76. The highest BCUT2D eigenvalue weighted by Crippen LogP contribution is 2.47. The van der Waals surface area contributed by atoms with Crippen LogP contribution in [-0.4, -0.2) is 122 Å². The summed E-state index contributed by atoms with van der Waals surface area (Å²) < 4.78 is 45.2. The molecule has 0 aromatic heterocycles. The van der Waals surface area contributed by atoms with Crippen molar-refractivity contribution in [2.75, 3.05) is 6.61 Å². The van der Waals surface area contributed by atoms with E-state index in [1.807, 2.05) is 19.9 Å². The summed E-state index contributed by atoms with van der Waals surface area (Å²) >= 11 is 0. The van der Waals surface area contributed by atoms with E-state index in [1.54, 1.807) is 6.08 Å². The first kappa shape index (κ1) is 43.3. The lowest BCUT2D eigenvalue weighted by molar-refractivity contribution is -0.321. The van der Waals surface area contributed by atoms with Crippen LogP contribution < -0.4 is 0 Å². The summed E-state index contributed by atoms with van der Waals surface area (Å²) in [6.07, 6.45) is 9.37. The molecule has 7 aliphatic heterocycles. The van der Waals surface area contributed by atoms with Gasteiger partial charge in [0.05, 0.1) is 43.2 Å². The molecule has 3 spiro atoms. The zero-order chi connectivity index (χ0) is 40.9. The Kier molecular flexibility index (Phi) is 12.9. The van der Waals surface area contributed by atoms with Gasteiger partial charge in [-0.25, -0.2) is 4.79 Å². The number of rotatable bonds is 10. The number of fused-ring (bicyclic) bond motifs is 1. The van der Waals surface area contributed by atoms with Crippen molar-refractivity contribution in [1.82, 2.24) is 0 Å². The fourth-order valence-corrected chi connectivity index (χ4v) is 10.5. The van der Waals surface area contributed by atoms with E-state index in [0.29, 0.717) is 56.4 Å². The summed E-state index contributed by atoms with van der Waals surface area (Å²) in [6.45, 7) is 14.5. The van der Waals surface area contributed by atoms with Gasteiger partial charge in [0.2, 0.25) is 5.79 Å². The minimum atomic E-state index is -1.96. The smallest absolute Gasteiger partial charge is 0.335 e. The third kappa shape index (κ3) is 9.15. The molecule has 6 fully saturated rings. The molecule has 7 rings (SSSR count). The first-order chi connectivity index (χ1) is 26.9. The minimum Gasteiger partial charge on any atom is -0.479 e. The van der Waals surface area contributed by atoms with Crippen LogP contribution in [0.4, 0.5) is 0 Å². The molecule has 13 nitrogen and oxygen atoms in total. The van der Waals surface area contributed by atoms with Crippen LogP contribution in [-0.2, 0) is 38.0 Å². The number of carboxylic acids is 1. The summed E-state index contributed by atoms with van der Waals surface area (Å²) in [4.78, 5) is 11.6. The van der Waals surface area contributed by atoms with Crippen LogP contribution in [0.5, 0.6) is 0 Å². The van der Waals surface area contributed by atoms with Gasteiger partial charge in [0, 0.05) is 38.0 Å². The first-order valence-corrected chi connectivity index (χ1v) is 21.7. The van der Waals surface area contributed by atoms with Gasteiger partial charge in [-0.2, -0.15) is 0 Å². The number of aliphatic carboxylic acids is 1. The van der Waals surface area contributed by atoms with Crippen LogP contribution in [0.1, 0.15) is 125 Å². The van der Waals surface area contributed by atoms with E-state index in [-0.39, 0.29) is 36.6 Å². The molecule has 7 heterocycles. The average Bonchev–Trinajstić information content (AvgIpc) is 3.56. The molecule has 0 radical (unpaired) electrons. The zero-order valence-electron chi connectivity index (χ0n) is 34.6. The molecule has 0 bridgehead atoms.